The zero-order valence-electron chi connectivity index (χ0n) is 19.9. The van der Waals surface area contributed by atoms with E-state index in [1.807, 2.05) is 48.6 Å². The maximum Gasteiger partial charge on any atom is 0.270 e. The van der Waals surface area contributed by atoms with Crippen molar-refractivity contribution in [3.05, 3.63) is 47.8 Å². The van der Waals surface area contributed by atoms with E-state index in [-0.39, 0.29) is 35.0 Å². The van der Waals surface area contributed by atoms with Crippen LogP contribution in [0.2, 0.25) is 0 Å². The molecule has 1 unspecified atom stereocenters. The molecule has 2 aliphatic heterocycles. The summed E-state index contributed by atoms with van der Waals surface area (Å²) in [4.78, 5) is 27.9. The maximum absolute atomic E-state index is 13.4. The lowest BCUT2D eigenvalue weighted by Crippen LogP contribution is -2.41. The number of hydrogen-bond donors (Lipinski definition) is 0. The van der Waals surface area contributed by atoms with E-state index in [4.69, 9.17) is 0 Å². The molecule has 1 atom stereocenters. The predicted molar refractivity (Wildman–Crippen MR) is 126 cm³/mol. The van der Waals surface area contributed by atoms with E-state index in [9.17, 15) is 9.59 Å². The van der Waals surface area contributed by atoms with Gasteiger partial charge >= 0.3 is 0 Å². The number of carbonyl (C=O) groups excluding carboxylic acids is 2. The lowest BCUT2D eigenvalue weighted by atomic mass is 9.79. The summed E-state index contributed by atoms with van der Waals surface area (Å²) < 4.78 is 1.80. The lowest BCUT2D eigenvalue weighted by Gasteiger charge is -2.27. The third kappa shape index (κ3) is 4.20. The number of hydrazone groups is 1. The Labute approximate surface area is 190 Å². The number of nitrogens with zero attached hydrogens (tertiary/aromatic N) is 5. The summed E-state index contributed by atoms with van der Waals surface area (Å²) in [5, 5.41) is 10.2. The van der Waals surface area contributed by atoms with Gasteiger partial charge in [-0.1, -0.05) is 46.8 Å². The van der Waals surface area contributed by atoms with Gasteiger partial charge in [0, 0.05) is 45.1 Å². The molecule has 7 heteroatoms. The Bertz CT molecular complexity index is 1060. The Balaban J connectivity index is 1.55. The lowest BCUT2D eigenvalue weighted by molar-refractivity contribution is -0.123. The standard InChI is InChI=1S/C25H33N5O2/c1-24(2,3)18-7-9-19(10-8-18)30-22(31)12-11-21(27-30)23(32)29-15-20(25(4,5)16-29)17-13-26-28(6)14-17/h7-10,13-14,20H,11-12,15-16H2,1-6H3. The summed E-state index contributed by atoms with van der Waals surface area (Å²) >= 11 is 0. The van der Waals surface area contributed by atoms with Gasteiger partial charge in [0.2, 0.25) is 5.91 Å². The molecule has 0 aliphatic carbocycles. The van der Waals surface area contributed by atoms with Crippen LogP contribution >= 0.6 is 0 Å². The van der Waals surface area contributed by atoms with Gasteiger partial charge in [-0.25, -0.2) is 5.01 Å². The Hall–Kier alpha value is -2.96. The van der Waals surface area contributed by atoms with Crippen molar-refractivity contribution in [2.24, 2.45) is 17.6 Å². The molecule has 1 fully saturated rings. The first-order valence-corrected chi connectivity index (χ1v) is 11.2. The number of likely N-dealkylation sites (tertiary alicyclic amines) is 1. The number of hydrogen-bond acceptors (Lipinski definition) is 4. The molecule has 7 nitrogen and oxygen atoms in total. The first-order valence-electron chi connectivity index (χ1n) is 11.2. The topological polar surface area (TPSA) is 70.8 Å². The van der Waals surface area contributed by atoms with Crippen LogP contribution in [-0.2, 0) is 22.1 Å². The molecule has 1 saturated heterocycles. The molecule has 170 valence electrons. The molecule has 0 saturated carbocycles. The van der Waals surface area contributed by atoms with Crippen LogP contribution < -0.4 is 5.01 Å². The van der Waals surface area contributed by atoms with Crippen LogP contribution in [0.25, 0.3) is 0 Å². The second-order valence-corrected chi connectivity index (χ2v) is 10.7. The first-order chi connectivity index (χ1) is 15.0. The van der Waals surface area contributed by atoms with E-state index in [2.05, 4.69) is 44.8 Å². The quantitative estimate of drug-likeness (QED) is 0.735. The van der Waals surface area contributed by atoms with Gasteiger partial charge in [-0.2, -0.15) is 10.2 Å². The summed E-state index contributed by atoms with van der Waals surface area (Å²) in [6.45, 7) is 12.1. The fourth-order valence-electron chi connectivity index (χ4n) is 4.66. The van der Waals surface area contributed by atoms with Crippen LogP contribution in [0.3, 0.4) is 0 Å². The second kappa shape index (κ2) is 7.87. The molecule has 4 rings (SSSR count). The minimum atomic E-state index is -0.0833. The minimum absolute atomic E-state index is 0.0300. The molecule has 0 radical (unpaired) electrons. The first kappa shape index (κ1) is 22.2. The summed E-state index contributed by atoms with van der Waals surface area (Å²) in [5.41, 5.74) is 3.45. The average Bonchev–Trinajstić information content (AvgIpc) is 3.29. The zero-order valence-corrected chi connectivity index (χ0v) is 19.9. The van der Waals surface area contributed by atoms with Gasteiger partial charge in [-0.3, -0.25) is 14.3 Å². The van der Waals surface area contributed by atoms with Crippen LogP contribution in [0, 0.1) is 5.41 Å². The number of anilines is 1. The Morgan fingerprint density at radius 1 is 1.12 bits per heavy atom. The molecule has 2 amide bonds. The second-order valence-electron chi connectivity index (χ2n) is 10.7. The van der Waals surface area contributed by atoms with Crippen molar-refractivity contribution in [2.45, 2.75) is 58.8 Å². The van der Waals surface area contributed by atoms with E-state index in [1.165, 1.54) is 10.6 Å². The third-order valence-corrected chi connectivity index (χ3v) is 6.62. The van der Waals surface area contributed by atoms with Crippen molar-refractivity contribution in [1.29, 1.82) is 0 Å². The van der Waals surface area contributed by atoms with Gasteiger partial charge in [0.05, 0.1) is 11.9 Å². The van der Waals surface area contributed by atoms with Gasteiger partial charge in [0.25, 0.3) is 5.91 Å². The van der Waals surface area contributed by atoms with Crippen molar-refractivity contribution in [2.75, 3.05) is 18.1 Å². The van der Waals surface area contributed by atoms with E-state index < -0.39 is 0 Å². The Morgan fingerprint density at radius 3 is 2.41 bits per heavy atom. The van der Waals surface area contributed by atoms with Crippen LogP contribution in [0.1, 0.15) is 64.5 Å². The highest BCUT2D eigenvalue weighted by Gasteiger charge is 2.43. The van der Waals surface area contributed by atoms with Gasteiger partial charge < -0.3 is 4.90 Å². The van der Waals surface area contributed by atoms with E-state index in [0.717, 1.165) is 5.56 Å². The van der Waals surface area contributed by atoms with Crippen LogP contribution in [0.4, 0.5) is 5.69 Å². The number of aryl methyl sites for hydroxylation is 1. The normalized spacial score (nSPS) is 21.1. The number of carbonyl (C=O) groups is 2. The molecule has 1 aromatic carbocycles. The molecule has 32 heavy (non-hydrogen) atoms. The fourth-order valence-corrected chi connectivity index (χ4v) is 4.66. The van der Waals surface area contributed by atoms with Crippen molar-refractivity contribution in [3.63, 3.8) is 0 Å². The fraction of sp³-hybridized carbons (Fsp3) is 0.520. The number of amides is 2. The van der Waals surface area contributed by atoms with Gasteiger partial charge in [0.1, 0.15) is 5.71 Å². The van der Waals surface area contributed by atoms with Crippen LogP contribution in [0.15, 0.2) is 41.8 Å². The maximum atomic E-state index is 13.4. The zero-order chi connectivity index (χ0) is 23.3. The minimum Gasteiger partial charge on any atom is -0.336 e. The predicted octanol–water partition coefficient (Wildman–Crippen LogP) is 3.85. The van der Waals surface area contributed by atoms with Gasteiger partial charge in [-0.15, -0.1) is 0 Å². The summed E-state index contributed by atoms with van der Waals surface area (Å²) in [6.07, 6.45) is 4.58. The Morgan fingerprint density at radius 2 is 1.81 bits per heavy atom. The highest BCUT2D eigenvalue weighted by Crippen LogP contribution is 2.42. The molecule has 0 spiro atoms. The summed E-state index contributed by atoms with van der Waals surface area (Å²) in [5.74, 6) is 0.0559. The van der Waals surface area contributed by atoms with E-state index >= 15 is 0 Å². The summed E-state index contributed by atoms with van der Waals surface area (Å²) in [6, 6.07) is 7.87. The molecular formula is C25H33N5O2. The molecular weight excluding hydrogens is 402 g/mol. The SMILES string of the molecule is Cn1cc(C2CN(C(=O)C3=NN(c4ccc(C(C)(C)C)cc4)C(=O)CC3)CC2(C)C)cn1. The van der Waals surface area contributed by atoms with Crippen LogP contribution in [-0.4, -0.2) is 45.3 Å². The number of aromatic nitrogens is 2. The van der Waals surface area contributed by atoms with Crippen molar-refractivity contribution >= 4 is 23.2 Å². The van der Waals surface area contributed by atoms with Gasteiger partial charge in [-0.05, 0) is 34.1 Å². The molecule has 0 bridgehead atoms. The third-order valence-electron chi connectivity index (χ3n) is 6.62. The van der Waals surface area contributed by atoms with Crippen LogP contribution in [0.5, 0.6) is 0 Å². The number of rotatable bonds is 3. The van der Waals surface area contributed by atoms with E-state index in [0.29, 0.717) is 30.9 Å². The smallest absolute Gasteiger partial charge is 0.270 e. The number of benzene rings is 1. The molecule has 2 aliphatic rings. The summed E-state index contributed by atoms with van der Waals surface area (Å²) in [7, 11) is 1.91. The average molecular weight is 436 g/mol. The largest absolute Gasteiger partial charge is 0.336 e. The van der Waals surface area contributed by atoms with Gasteiger partial charge in [0.15, 0.2) is 0 Å². The highest BCUT2D eigenvalue weighted by atomic mass is 16.2. The molecule has 1 aromatic heterocycles. The van der Waals surface area contributed by atoms with Crippen molar-refractivity contribution in [1.82, 2.24) is 14.7 Å². The van der Waals surface area contributed by atoms with Crippen molar-refractivity contribution in [3.8, 4) is 0 Å². The molecule has 2 aromatic rings. The Kier molecular flexibility index (Phi) is 5.47. The monoisotopic (exact) mass is 435 g/mol. The highest BCUT2D eigenvalue weighted by molar-refractivity contribution is 6.40. The molecule has 3 heterocycles. The van der Waals surface area contributed by atoms with E-state index in [1.54, 1.807) is 4.68 Å². The van der Waals surface area contributed by atoms with Crippen molar-refractivity contribution < 1.29 is 9.59 Å². The molecule has 0 N–H and O–H groups in total.